The van der Waals surface area contributed by atoms with Gasteiger partial charge in [-0.25, -0.2) is 9.97 Å². The molecule has 3 aromatic rings. The highest BCUT2D eigenvalue weighted by Gasteiger charge is 2.24. The van der Waals surface area contributed by atoms with Gasteiger partial charge in [-0.05, 0) is 56.2 Å². The highest BCUT2D eigenvalue weighted by atomic mass is 32.2. The van der Waals surface area contributed by atoms with E-state index in [0.717, 1.165) is 28.5 Å². The number of aromatic nitrogens is 3. The minimum Gasteiger partial charge on any atom is -0.458 e. The molecule has 0 aromatic carbocycles. The van der Waals surface area contributed by atoms with E-state index >= 15 is 0 Å². The van der Waals surface area contributed by atoms with E-state index in [1.165, 1.54) is 25.0 Å². The fraction of sp³-hybridized carbons (Fsp3) is 0.375. The number of imidazole rings is 1. The maximum Gasteiger partial charge on any atom is 0.179 e. The minimum absolute atomic E-state index is 0.402. The van der Waals surface area contributed by atoms with Crippen LogP contribution in [0.1, 0.15) is 30.4 Å². The third-order valence-electron chi connectivity index (χ3n) is 3.85. The number of rotatable bonds is 2. The van der Waals surface area contributed by atoms with E-state index in [0.29, 0.717) is 5.37 Å². The SMILES string of the molecule is Cc1ccc(-c2nc3cccnc3n2C2CCCCS2)o1. The first-order valence-corrected chi connectivity index (χ1v) is 8.39. The van der Waals surface area contributed by atoms with Gasteiger partial charge >= 0.3 is 0 Å². The van der Waals surface area contributed by atoms with Crippen LogP contribution in [0.4, 0.5) is 0 Å². The van der Waals surface area contributed by atoms with Gasteiger partial charge in [-0.15, -0.1) is 11.8 Å². The normalized spacial score (nSPS) is 19.2. The van der Waals surface area contributed by atoms with Gasteiger partial charge in [0.1, 0.15) is 11.3 Å². The van der Waals surface area contributed by atoms with E-state index in [9.17, 15) is 0 Å². The predicted octanol–water partition coefficient (Wildman–Crippen LogP) is 4.42. The van der Waals surface area contributed by atoms with Gasteiger partial charge in [-0.1, -0.05) is 0 Å². The van der Waals surface area contributed by atoms with E-state index in [4.69, 9.17) is 9.40 Å². The molecule has 0 N–H and O–H groups in total. The van der Waals surface area contributed by atoms with Gasteiger partial charge < -0.3 is 4.42 Å². The average molecular weight is 299 g/mol. The standard InChI is InChI=1S/C16H17N3OS/c1-11-7-8-13(20-11)16-18-12-5-4-9-17-15(12)19(16)14-6-2-3-10-21-14/h4-5,7-9,14H,2-3,6,10H2,1H3. The fourth-order valence-electron chi connectivity index (χ4n) is 2.86. The molecule has 1 unspecified atom stereocenters. The predicted molar refractivity (Wildman–Crippen MR) is 85.3 cm³/mol. The van der Waals surface area contributed by atoms with Gasteiger partial charge in [0.15, 0.2) is 17.2 Å². The Balaban J connectivity index is 1.92. The van der Waals surface area contributed by atoms with Crippen molar-refractivity contribution in [1.82, 2.24) is 14.5 Å². The second-order valence-electron chi connectivity index (χ2n) is 5.38. The van der Waals surface area contributed by atoms with Crippen molar-refractivity contribution < 1.29 is 4.42 Å². The summed E-state index contributed by atoms with van der Waals surface area (Å²) in [4.78, 5) is 9.32. The minimum atomic E-state index is 0.402. The molecule has 0 aliphatic carbocycles. The lowest BCUT2D eigenvalue weighted by Gasteiger charge is -2.24. The monoisotopic (exact) mass is 299 g/mol. The van der Waals surface area contributed by atoms with E-state index in [1.807, 2.05) is 49.1 Å². The fourth-order valence-corrected chi connectivity index (χ4v) is 4.18. The summed E-state index contributed by atoms with van der Waals surface area (Å²) < 4.78 is 8.07. The molecule has 1 saturated heterocycles. The molecular formula is C16H17N3OS. The van der Waals surface area contributed by atoms with Crippen molar-refractivity contribution in [3.8, 4) is 11.6 Å². The lowest BCUT2D eigenvalue weighted by atomic mass is 10.2. The summed E-state index contributed by atoms with van der Waals surface area (Å²) >= 11 is 1.99. The molecule has 1 aliphatic rings. The molecule has 4 rings (SSSR count). The zero-order valence-corrected chi connectivity index (χ0v) is 12.8. The second-order valence-corrected chi connectivity index (χ2v) is 6.67. The van der Waals surface area contributed by atoms with Crippen molar-refractivity contribution in [2.24, 2.45) is 0 Å². The highest BCUT2D eigenvalue weighted by molar-refractivity contribution is 7.99. The zero-order chi connectivity index (χ0) is 14.2. The molecule has 0 radical (unpaired) electrons. The average Bonchev–Trinajstić information content (AvgIpc) is 3.11. The Morgan fingerprint density at radius 1 is 1.29 bits per heavy atom. The number of pyridine rings is 1. The van der Waals surface area contributed by atoms with Crippen molar-refractivity contribution in [3.05, 3.63) is 36.2 Å². The van der Waals surface area contributed by atoms with Crippen molar-refractivity contribution in [1.29, 1.82) is 0 Å². The van der Waals surface area contributed by atoms with Crippen LogP contribution in [0.3, 0.4) is 0 Å². The molecule has 4 heterocycles. The van der Waals surface area contributed by atoms with Crippen LogP contribution in [0.25, 0.3) is 22.7 Å². The van der Waals surface area contributed by atoms with Crippen molar-refractivity contribution in [2.45, 2.75) is 31.6 Å². The molecule has 0 amide bonds. The summed E-state index contributed by atoms with van der Waals surface area (Å²) in [5.74, 6) is 3.84. The Hall–Kier alpha value is -1.75. The highest BCUT2D eigenvalue weighted by Crippen LogP contribution is 2.39. The van der Waals surface area contributed by atoms with Gasteiger partial charge in [-0.2, -0.15) is 0 Å². The largest absolute Gasteiger partial charge is 0.458 e. The molecule has 108 valence electrons. The maximum atomic E-state index is 5.81. The molecule has 0 saturated carbocycles. The molecule has 1 aliphatic heterocycles. The van der Waals surface area contributed by atoms with Crippen molar-refractivity contribution in [3.63, 3.8) is 0 Å². The number of furan rings is 1. The van der Waals surface area contributed by atoms with Gasteiger partial charge in [0.2, 0.25) is 0 Å². The van der Waals surface area contributed by atoms with Crippen molar-refractivity contribution in [2.75, 3.05) is 5.75 Å². The third-order valence-corrected chi connectivity index (χ3v) is 5.21. The van der Waals surface area contributed by atoms with E-state index in [1.54, 1.807) is 0 Å². The first-order chi connectivity index (χ1) is 10.3. The molecule has 0 spiro atoms. The number of nitrogens with zero attached hydrogens (tertiary/aromatic N) is 3. The Morgan fingerprint density at radius 2 is 2.24 bits per heavy atom. The lowest BCUT2D eigenvalue weighted by molar-refractivity contribution is 0.529. The molecule has 5 heteroatoms. The number of hydrogen-bond donors (Lipinski definition) is 0. The quantitative estimate of drug-likeness (QED) is 0.703. The maximum absolute atomic E-state index is 5.81. The van der Waals surface area contributed by atoms with Gasteiger partial charge in [0, 0.05) is 6.20 Å². The van der Waals surface area contributed by atoms with Crippen LogP contribution in [0.15, 0.2) is 34.9 Å². The number of aryl methyl sites for hydroxylation is 1. The molecule has 21 heavy (non-hydrogen) atoms. The topological polar surface area (TPSA) is 43.9 Å². The lowest BCUT2D eigenvalue weighted by Crippen LogP contribution is -2.12. The number of hydrogen-bond acceptors (Lipinski definition) is 4. The van der Waals surface area contributed by atoms with Crippen LogP contribution in [0.5, 0.6) is 0 Å². The summed E-state index contributed by atoms with van der Waals surface area (Å²) in [6.07, 6.45) is 5.57. The Bertz CT molecular complexity index is 771. The second kappa shape index (κ2) is 5.22. The summed E-state index contributed by atoms with van der Waals surface area (Å²) in [6, 6.07) is 7.94. The molecule has 3 aromatic heterocycles. The number of thioether (sulfide) groups is 1. The van der Waals surface area contributed by atoms with Crippen LogP contribution in [-0.2, 0) is 0 Å². The molecule has 1 fully saturated rings. The van der Waals surface area contributed by atoms with E-state index in [-0.39, 0.29) is 0 Å². The summed E-state index contributed by atoms with van der Waals surface area (Å²) in [7, 11) is 0. The van der Waals surface area contributed by atoms with E-state index < -0.39 is 0 Å². The van der Waals surface area contributed by atoms with Gasteiger partial charge in [0.25, 0.3) is 0 Å². The zero-order valence-electron chi connectivity index (χ0n) is 12.0. The Labute approximate surface area is 127 Å². The summed E-state index contributed by atoms with van der Waals surface area (Å²) in [6.45, 7) is 1.96. The summed E-state index contributed by atoms with van der Waals surface area (Å²) in [5.41, 5.74) is 1.90. The first kappa shape index (κ1) is 13.0. The molecule has 4 nitrogen and oxygen atoms in total. The smallest absolute Gasteiger partial charge is 0.179 e. The van der Waals surface area contributed by atoms with Crippen LogP contribution >= 0.6 is 11.8 Å². The van der Waals surface area contributed by atoms with Crippen LogP contribution in [0.2, 0.25) is 0 Å². The molecular weight excluding hydrogens is 282 g/mol. The Kier molecular flexibility index (Phi) is 3.22. The van der Waals surface area contributed by atoms with Crippen LogP contribution < -0.4 is 0 Å². The van der Waals surface area contributed by atoms with Crippen LogP contribution in [-0.4, -0.2) is 20.3 Å². The van der Waals surface area contributed by atoms with Gasteiger partial charge in [-0.3, -0.25) is 4.57 Å². The van der Waals surface area contributed by atoms with E-state index in [2.05, 4.69) is 9.55 Å². The van der Waals surface area contributed by atoms with Crippen molar-refractivity contribution >= 4 is 22.9 Å². The van der Waals surface area contributed by atoms with Crippen LogP contribution in [0, 0.1) is 6.92 Å². The first-order valence-electron chi connectivity index (χ1n) is 7.34. The van der Waals surface area contributed by atoms with Gasteiger partial charge in [0.05, 0.1) is 5.37 Å². The number of fused-ring (bicyclic) bond motifs is 1. The summed E-state index contributed by atoms with van der Waals surface area (Å²) in [5, 5.41) is 0.402. The molecule has 1 atom stereocenters. The third kappa shape index (κ3) is 2.25. The molecule has 0 bridgehead atoms. The Morgan fingerprint density at radius 3 is 3.00 bits per heavy atom.